The first kappa shape index (κ1) is 17.3. The molecule has 1 amide bonds. The van der Waals surface area contributed by atoms with Crippen molar-refractivity contribution < 1.29 is 14.3 Å². The molecule has 0 aliphatic carbocycles. The highest BCUT2D eigenvalue weighted by Gasteiger charge is 2.45. The van der Waals surface area contributed by atoms with Gasteiger partial charge < -0.3 is 9.47 Å². The molecule has 1 aliphatic rings. The topological polar surface area (TPSA) is 38.8 Å². The average Bonchev–Trinajstić information content (AvgIpc) is 2.65. The summed E-state index contributed by atoms with van der Waals surface area (Å²) in [5.41, 5.74) is -0.0237. The molecule has 1 aromatic carbocycles. The van der Waals surface area contributed by atoms with E-state index in [1.807, 2.05) is 52.8 Å². The Morgan fingerprint density at radius 1 is 1.41 bits per heavy atom. The molecule has 1 aliphatic heterocycles. The molecule has 0 bridgehead atoms. The van der Waals surface area contributed by atoms with Crippen LogP contribution in [0.25, 0.3) is 0 Å². The molecular formula is C17H24BrNO3. The minimum Gasteiger partial charge on any atom is -0.444 e. The van der Waals surface area contributed by atoms with Crippen LogP contribution in [0.15, 0.2) is 28.7 Å². The minimum atomic E-state index is -0.658. The molecule has 1 fully saturated rings. The van der Waals surface area contributed by atoms with Crippen LogP contribution in [0.3, 0.4) is 0 Å². The molecule has 122 valence electrons. The van der Waals surface area contributed by atoms with E-state index in [0.29, 0.717) is 6.61 Å². The number of benzene rings is 1. The van der Waals surface area contributed by atoms with Crippen LogP contribution in [-0.2, 0) is 15.9 Å². The van der Waals surface area contributed by atoms with E-state index in [1.54, 1.807) is 4.90 Å². The van der Waals surface area contributed by atoms with Crippen LogP contribution >= 0.6 is 15.9 Å². The maximum atomic E-state index is 12.6. The molecule has 2 rings (SSSR count). The zero-order chi connectivity index (χ0) is 16.5. The number of carbonyl (C=O) groups is 1. The van der Waals surface area contributed by atoms with Gasteiger partial charge in [-0.05, 0) is 52.7 Å². The largest absolute Gasteiger partial charge is 0.444 e. The second-order valence-electron chi connectivity index (χ2n) is 7.06. The average molecular weight is 370 g/mol. The first-order chi connectivity index (χ1) is 10.1. The minimum absolute atomic E-state index is 0.0384. The van der Waals surface area contributed by atoms with E-state index >= 15 is 0 Å². The van der Waals surface area contributed by atoms with Crippen LogP contribution < -0.4 is 0 Å². The van der Waals surface area contributed by atoms with Crippen molar-refractivity contribution in [3.63, 3.8) is 0 Å². The number of carbonyl (C=O) groups excluding carboxylic acids is 1. The predicted octanol–water partition coefficient (Wildman–Crippen LogP) is 4.36. The smallest absolute Gasteiger partial charge is 0.412 e. The Balaban J connectivity index is 2.20. The molecule has 0 radical (unpaired) electrons. The second-order valence-corrected chi connectivity index (χ2v) is 7.91. The maximum absolute atomic E-state index is 12.6. The Bertz CT molecular complexity index is 551. The van der Waals surface area contributed by atoms with Crippen LogP contribution in [0, 0.1) is 0 Å². The summed E-state index contributed by atoms with van der Waals surface area (Å²) in [5.74, 6) is 0. The van der Waals surface area contributed by atoms with Crippen molar-refractivity contribution in [2.75, 3.05) is 6.61 Å². The van der Waals surface area contributed by atoms with E-state index < -0.39 is 11.3 Å². The normalized spacial score (nSPS) is 21.0. The van der Waals surface area contributed by atoms with Crippen molar-refractivity contribution in [1.82, 2.24) is 4.90 Å². The van der Waals surface area contributed by atoms with Gasteiger partial charge in [-0.25, -0.2) is 4.79 Å². The SMILES string of the molecule is CC(C)(C)OC(=O)N1C(Cc2ccccc2Br)COC1(C)C. The Morgan fingerprint density at radius 2 is 2.05 bits per heavy atom. The van der Waals surface area contributed by atoms with Crippen molar-refractivity contribution in [3.05, 3.63) is 34.3 Å². The quantitative estimate of drug-likeness (QED) is 0.776. The highest BCUT2D eigenvalue weighted by molar-refractivity contribution is 9.10. The van der Waals surface area contributed by atoms with Gasteiger partial charge in [-0.2, -0.15) is 0 Å². The lowest BCUT2D eigenvalue weighted by Gasteiger charge is -2.35. The van der Waals surface area contributed by atoms with Gasteiger partial charge in [0.05, 0.1) is 12.6 Å². The van der Waals surface area contributed by atoms with Gasteiger partial charge in [-0.1, -0.05) is 34.1 Å². The zero-order valence-corrected chi connectivity index (χ0v) is 15.4. The highest BCUT2D eigenvalue weighted by Crippen LogP contribution is 2.32. The second kappa shape index (κ2) is 6.20. The molecule has 1 atom stereocenters. The first-order valence-electron chi connectivity index (χ1n) is 7.50. The number of halogens is 1. The molecule has 22 heavy (non-hydrogen) atoms. The molecule has 5 heteroatoms. The van der Waals surface area contributed by atoms with Crippen LogP contribution in [-0.4, -0.2) is 35.0 Å². The number of hydrogen-bond donors (Lipinski definition) is 0. The summed E-state index contributed by atoms with van der Waals surface area (Å²) < 4.78 is 12.4. The molecule has 0 aromatic heterocycles. The molecule has 0 N–H and O–H groups in total. The van der Waals surface area contributed by atoms with Gasteiger partial charge in [0, 0.05) is 4.47 Å². The molecule has 1 aromatic rings. The number of nitrogens with zero attached hydrogens (tertiary/aromatic N) is 1. The van der Waals surface area contributed by atoms with E-state index in [2.05, 4.69) is 22.0 Å². The van der Waals surface area contributed by atoms with Crippen molar-refractivity contribution in [1.29, 1.82) is 0 Å². The van der Waals surface area contributed by atoms with Crippen LogP contribution in [0.4, 0.5) is 4.79 Å². The Kier molecular flexibility index (Phi) is 4.87. The number of amides is 1. The Morgan fingerprint density at radius 3 is 2.64 bits per heavy atom. The number of ether oxygens (including phenoxy) is 2. The van der Waals surface area contributed by atoms with Gasteiger partial charge in [0.25, 0.3) is 0 Å². The van der Waals surface area contributed by atoms with E-state index in [9.17, 15) is 4.79 Å². The van der Waals surface area contributed by atoms with Crippen LogP contribution in [0.2, 0.25) is 0 Å². The lowest BCUT2D eigenvalue weighted by molar-refractivity contribution is -0.0624. The fourth-order valence-corrected chi connectivity index (χ4v) is 3.08. The van der Waals surface area contributed by atoms with E-state index in [4.69, 9.17) is 9.47 Å². The Hall–Kier alpha value is -1.07. The van der Waals surface area contributed by atoms with Gasteiger partial charge in [0.1, 0.15) is 11.3 Å². The first-order valence-corrected chi connectivity index (χ1v) is 8.29. The molecule has 1 heterocycles. The van der Waals surface area contributed by atoms with Gasteiger partial charge in [-0.15, -0.1) is 0 Å². The summed E-state index contributed by atoms with van der Waals surface area (Å²) in [6.07, 6.45) is 0.399. The molecule has 0 spiro atoms. The molecule has 0 saturated carbocycles. The van der Waals surface area contributed by atoms with Gasteiger partial charge in [-0.3, -0.25) is 4.90 Å². The third-order valence-electron chi connectivity index (χ3n) is 3.58. The Labute approximate surface area is 140 Å². The summed E-state index contributed by atoms with van der Waals surface area (Å²) in [6, 6.07) is 8.01. The van der Waals surface area contributed by atoms with Crippen LogP contribution in [0.5, 0.6) is 0 Å². The van der Waals surface area contributed by atoms with E-state index in [0.717, 1.165) is 16.5 Å². The summed E-state index contributed by atoms with van der Waals surface area (Å²) in [6.45, 7) is 9.92. The lowest BCUT2D eigenvalue weighted by Crippen LogP contribution is -2.50. The van der Waals surface area contributed by atoms with E-state index in [-0.39, 0.29) is 12.1 Å². The van der Waals surface area contributed by atoms with Gasteiger partial charge in [0.15, 0.2) is 0 Å². The summed E-state index contributed by atoms with van der Waals surface area (Å²) in [4.78, 5) is 14.3. The van der Waals surface area contributed by atoms with Crippen molar-refractivity contribution >= 4 is 22.0 Å². The van der Waals surface area contributed by atoms with Crippen molar-refractivity contribution in [3.8, 4) is 0 Å². The fraction of sp³-hybridized carbons (Fsp3) is 0.588. The van der Waals surface area contributed by atoms with Gasteiger partial charge >= 0.3 is 6.09 Å². The zero-order valence-electron chi connectivity index (χ0n) is 13.9. The lowest BCUT2D eigenvalue weighted by atomic mass is 10.1. The standard InChI is InChI=1S/C17H24BrNO3/c1-16(2,3)22-15(20)19-13(11-21-17(19,4)5)10-12-8-6-7-9-14(12)18/h6-9,13H,10-11H2,1-5H3. The van der Waals surface area contributed by atoms with Crippen molar-refractivity contribution in [2.24, 2.45) is 0 Å². The van der Waals surface area contributed by atoms with Crippen molar-refractivity contribution in [2.45, 2.75) is 58.4 Å². The third kappa shape index (κ3) is 4.02. The molecule has 1 unspecified atom stereocenters. The maximum Gasteiger partial charge on any atom is 0.412 e. The molecule has 1 saturated heterocycles. The van der Waals surface area contributed by atoms with Crippen LogP contribution in [0.1, 0.15) is 40.2 Å². The summed E-state index contributed by atoms with van der Waals surface area (Å²) in [5, 5.41) is 0. The monoisotopic (exact) mass is 369 g/mol. The summed E-state index contributed by atoms with van der Waals surface area (Å²) in [7, 11) is 0. The summed E-state index contributed by atoms with van der Waals surface area (Å²) >= 11 is 3.56. The third-order valence-corrected chi connectivity index (χ3v) is 4.35. The number of rotatable bonds is 2. The molecule has 4 nitrogen and oxygen atoms in total. The van der Waals surface area contributed by atoms with E-state index in [1.165, 1.54) is 0 Å². The molecular weight excluding hydrogens is 346 g/mol. The fourth-order valence-electron chi connectivity index (χ4n) is 2.63. The number of hydrogen-bond acceptors (Lipinski definition) is 3. The highest BCUT2D eigenvalue weighted by atomic mass is 79.9. The predicted molar refractivity (Wildman–Crippen MR) is 89.7 cm³/mol. The van der Waals surface area contributed by atoms with Gasteiger partial charge in [0.2, 0.25) is 0 Å².